The van der Waals surface area contributed by atoms with Gasteiger partial charge in [0.1, 0.15) is 5.82 Å². The predicted octanol–water partition coefficient (Wildman–Crippen LogP) is 2.92. The highest BCUT2D eigenvalue weighted by Crippen LogP contribution is 2.36. The molecule has 1 aromatic rings. The molecule has 0 saturated carbocycles. The van der Waals surface area contributed by atoms with Crippen LogP contribution < -0.4 is 0 Å². The average Bonchev–Trinajstić information content (AvgIpc) is 2.53. The number of hydrogen-bond donors (Lipinski definition) is 0. The summed E-state index contributed by atoms with van der Waals surface area (Å²) in [5, 5.41) is 0. The van der Waals surface area contributed by atoms with E-state index in [2.05, 4.69) is 9.97 Å². The van der Waals surface area contributed by atoms with Crippen LogP contribution in [0.3, 0.4) is 0 Å². The summed E-state index contributed by atoms with van der Waals surface area (Å²) >= 11 is 0. The Morgan fingerprint density at radius 2 is 1.87 bits per heavy atom. The van der Waals surface area contributed by atoms with Gasteiger partial charge in [-0.25, -0.2) is 9.97 Å². The zero-order chi connectivity index (χ0) is 16.6. The van der Waals surface area contributed by atoms with Gasteiger partial charge in [-0.1, -0.05) is 0 Å². The van der Waals surface area contributed by atoms with E-state index in [1.165, 1.54) is 6.92 Å². The molecule has 0 bridgehead atoms. The van der Waals surface area contributed by atoms with E-state index in [1.54, 1.807) is 0 Å². The van der Waals surface area contributed by atoms with E-state index in [0.29, 0.717) is 18.5 Å². The summed E-state index contributed by atoms with van der Waals surface area (Å²) in [5.41, 5.74) is -0.298. The first-order valence-electron chi connectivity index (χ1n) is 8.08. The Hall–Kier alpha value is -1.66. The molecule has 23 heavy (non-hydrogen) atoms. The Balaban J connectivity index is 1.86. The Labute approximate surface area is 133 Å². The molecule has 1 fully saturated rings. The normalized spacial score (nSPS) is 21.9. The molecule has 1 aliphatic heterocycles. The van der Waals surface area contributed by atoms with Gasteiger partial charge in [-0.05, 0) is 45.4 Å². The molecule has 2 heterocycles. The molecular formula is C16H20F3N3O. The number of aryl methyl sites for hydroxylation is 2. The molecular weight excluding hydrogens is 307 g/mol. The second kappa shape index (κ2) is 6.09. The minimum atomic E-state index is -4.51. The molecule has 0 spiro atoms. The lowest BCUT2D eigenvalue weighted by Gasteiger charge is -2.33. The van der Waals surface area contributed by atoms with E-state index in [9.17, 15) is 18.0 Å². The molecule has 1 aliphatic carbocycles. The van der Waals surface area contributed by atoms with Crippen LogP contribution in [-0.4, -0.2) is 33.9 Å². The number of halogens is 3. The molecule has 4 nitrogen and oxygen atoms in total. The van der Waals surface area contributed by atoms with Crippen LogP contribution in [0.5, 0.6) is 0 Å². The highest BCUT2D eigenvalue weighted by Gasteiger charge is 2.40. The molecule has 3 rings (SSSR count). The second-order valence-electron chi connectivity index (χ2n) is 6.37. The topological polar surface area (TPSA) is 46.1 Å². The van der Waals surface area contributed by atoms with Crippen molar-refractivity contribution in [3.8, 4) is 0 Å². The highest BCUT2D eigenvalue weighted by molar-refractivity contribution is 5.79. The van der Waals surface area contributed by atoms with Crippen molar-refractivity contribution in [3.05, 3.63) is 22.8 Å². The van der Waals surface area contributed by atoms with Gasteiger partial charge >= 0.3 is 6.18 Å². The Bertz CT molecular complexity index is 609. The fraction of sp³-hybridized carbons (Fsp3) is 0.688. The second-order valence-corrected chi connectivity index (χ2v) is 6.37. The summed E-state index contributed by atoms with van der Waals surface area (Å²) in [7, 11) is 0. The van der Waals surface area contributed by atoms with Crippen molar-refractivity contribution in [2.45, 2.75) is 51.6 Å². The SMILES string of the molecule is Cc1nc2c(c(C(F)(F)F)n1)C[C@@H](C(=O)N1CCCCC1)CC2. The Kier molecular flexibility index (Phi) is 4.29. The van der Waals surface area contributed by atoms with E-state index in [4.69, 9.17) is 0 Å². The van der Waals surface area contributed by atoms with Crippen LogP contribution in [-0.2, 0) is 23.8 Å². The zero-order valence-electron chi connectivity index (χ0n) is 13.1. The maximum Gasteiger partial charge on any atom is 0.433 e. The van der Waals surface area contributed by atoms with E-state index in [1.807, 2.05) is 4.90 Å². The van der Waals surface area contributed by atoms with Crippen LogP contribution in [0.4, 0.5) is 13.2 Å². The smallest absolute Gasteiger partial charge is 0.342 e. The van der Waals surface area contributed by atoms with Crippen molar-refractivity contribution in [2.75, 3.05) is 13.1 Å². The summed E-state index contributed by atoms with van der Waals surface area (Å²) in [5.74, 6) is -0.256. The maximum absolute atomic E-state index is 13.3. The van der Waals surface area contributed by atoms with E-state index < -0.39 is 11.9 Å². The average molecular weight is 327 g/mol. The lowest BCUT2D eigenvalue weighted by molar-refractivity contribution is -0.143. The van der Waals surface area contributed by atoms with E-state index in [0.717, 1.165) is 32.4 Å². The van der Waals surface area contributed by atoms with E-state index in [-0.39, 0.29) is 29.6 Å². The quantitative estimate of drug-likeness (QED) is 0.797. The third-order valence-electron chi connectivity index (χ3n) is 4.67. The van der Waals surface area contributed by atoms with Gasteiger partial charge < -0.3 is 4.90 Å². The van der Waals surface area contributed by atoms with Gasteiger partial charge in [-0.2, -0.15) is 13.2 Å². The number of rotatable bonds is 1. The minimum absolute atomic E-state index is 0.0101. The van der Waals surface area contributed by atoms with Crippen LogP contribution >= 0.6 is 0 Å². The van der Waals surface area contributed by atoms with Gasteiger partial charge in [0.15, 0.2) is 5.69 Å². The molecule has 1 aromatic heterocycles. The number of carbonyl (C=O) groups excluding carboxylic acids is 1. The predicted molar refractivity (Wildman–Crippen MR) is 77.7 cm³/mol. The number of piperidine rings is 1. The molecule has 0 aromatic carbocycles. The first kappa shape index (κ1) is 16.2. The minimum Gasteiger partial charge on any atom is -0.342 e. The Morgan fingerprint density at radius 1 is 1.17 bits per heavy atom. The molecule has 1 atom stereocenters. The number of amides is 1. The monoisotopic (exact) mass is 327 g/mol. The third kappa shape index (κ3) is 3.33. The van der Waals surface area contributed by atoms with Gasteiger partial charge in [-0.15, -0.1) is 0 Å². The molecule has 2 aliphatic rings. The number of carbonyl (C=O) groups is 1. The van der Waals surface area contributed by atoms with Crippen molar-refractivity contribution in [2.24, 2.45) is 5.92 Å². The van der Waals surface area contributed by atoms with Crippen molar-refractivity contribution < 1.29 is 18.0 Å². The summed E-state index contributed by atoms with van der Waals surface area (Å²) in [4.78, 5) is 22.2. The molecule has 1 amide bonds. The first-order chi connectivity index (χ1) is 10.9. The highest BCUT2D eigenvalue weighted by atomic mass is 19.4. The van der Waals surface area contributed by atoms with Crippen molar-refractivity contribution in [1.29, 1.82) is 0 Å². The largest absolute Gasteiger partial charge is 0.433 e. The molecule has 0 unspecified atom stereocenters. The number of alkyl halides is 3. The molecule has 1 saturated heterocycles. The summed E-state index contributed by atoms with van der Waals surface area (Å²) in [6.07, 6.45) is -0.366. The summed E-state index contributed by atoms with van der Waals surface area (Å²) in [6.45, 7) is 2.91. The van der Waals surface area contributed by atoms with Crippen LogP contribution in [0.15, 0.2) is 0 Å². The van der Waals surface area contributed by atoms with Crippen molar-refractivity contribution in [3.63, 3.8) is 0 Å². The lowest BCUT2D eigenvalue weighted by atomic mass is 9.84. The van der Waals surface area contributed by atoms with Gasteiger partial charge in [-0.3, -0.25) is 4.79 Å². The molecule has 0 radical (unpaired) electrons. The van der Waals surface area contributed by atoms with Gasteiger partial charge in [0.05, 0.1) is 0 Å². The number of nitrogens with zero attached hydrogens (tertiary/aromatic N) is 3. The van der Waals surface area contributed by atoms with Crippen LogP contribution in [0, 0.1) is 12.8 Å². The maximum atomic E-state index is 13.3. The lowest BCUT2D eigenvalue weighted by Crippen LogP contribution is -2.41. The van der Waals surface area contributed by atoms with Gasteiger partial charge in [0.25, 0.3) is 0 Å². The van der Waals surface area contributed by atoms with Gasteiger partial charge in [0, 0.05) is 30.3 Å². The first-order valence-corrected chi connectivity index (χ1v) is 8.08. The summed E-state index contributed by atoms with van der Waals surface area (Å²) in [6, 6.07) is 0. The number of hydrogen-bond acceptors (Lipinski definition) is 3. The fourth-order valence-electron chi connectivity index (χ4n) is 3.55. The Morgan fingerprint density at radius 3 is 2.52 bits per heavy atom. The van der Waals surface area contributed by atoms with Crippen LogP contribution in [0.25, 0.3) is 0 Å². The molecule has 0 N–H and O–H groups in total. The number of aromatic nitrogens is 2. The van der Waals surface area contributed by atoms with Crippen LogP contribution in [0.1, 0.15) is 48.5 Å². The number of fused-ring (bicyclic) bond motifs is 1. The fourth-order valence-corrected chi connectivity index (χ4v) is 3.55. The molecule has 126 valence electrons. The van der Waals surface area contributed by atoms with Gasteiger partial charge in [0.2, 0.25) is 5.91 Å². The van der Waals surface area contributed by atoms with Crippen molar-refractivity contribution >= 4 is 5.91 Å². The third-order valence-corrected chi connectivity index (χ3v) is 4.67. The molecule has 7 heteroatoms. The zero-order valence-corrected chi connectivity index (χ0v) is 13.1. The van der Waals surface area contributed by atoms with Crippen molar-refractivity contribution in [1.82, 2.24) is 14.9 Å². The van der Waals surface area contributed by atoms with E-state index >= 15 is 0 Å². The number of likely N-dealkylation sites (tertiary alicyclic amines) is 1. The standard InChI is InChI=1S/C16H20F3N3O/c1-10-20-13-6-5-11(15(23)22-7-3-2-4-8-22)9-12(13)14(21-10)16(17,18)19/h11H,2-9H2,1H3/t11-/m0/s1. The van der Waals surface area contributed by atoms with Crippen LogP contribution in [0.2, 0.25) is 0 Å². The summed E-state index contributed by atoms with van der Waals surface area (Å²) < 4.78 is 39.8.